The number of amides is 1. The molecule has 1 aliphatic rings. The third-order valence-corrected chi connectivity index (χ3v) is 5.92. The lowest BCUT2D eigenvalue weighted by molar-refractivity contribution is -0.154. The summed E-state index contributed by atoms with van der Waals surface area (Å²) >= 11 is 0. The molecule has 1 saturated heterocycles. The van der Waals surface area contributed by atoms with Crippen LogP contribution < -0.4 is 15.8 Å². The van der Waals surface area contributed by atoms with Crippen LogP contribution in [0, 0.1) is 11.8 Å². The SMILES string of the molecule is CN1CCC[C@@](C)(NC(=O)c2cc(-c3ccc(OCC(F)(F)F)nc3)nc(-c3cnc(N)c(F)n3)c2F)C1. The average molecular weight is 537 g/mol. The van der Waals surface area contributed by atoms with Crippen LogP contribution in [0.3, 0.4) is 0 Å². The van der Waals surface area contributed by atoms with Gasteiger partial charge in [0.1, 0.15) is 11.4 Å². The van der Waals surface area contributed by atoms with E-state index in [1.165, 1.54) is 18.2 Å². The molecule has 0 aromatic carbocycles. The van der Waals surface area contributed by atoms with Crippen LogP contribution in [-0.4, -0.2) is 69.2 Å². The highest BCUT2D eigenvalue weighted by molar-refractivity contribution is 5.97. The van der Waals surface area contributed by atoms with Gasteiger partial charge in [-0.3, -0.25) is 4.79 Å². The van der Waals surface area contributed by atoms with E-state index < -0.39 is 53.1 Å². The summed E-state index contributed by atoms with van der Waals surface area (Å²) in [7, 11) is 1.91. The molecular weight excluding hydrogens is 513 g/mol. The Balaban J connectivity index is 1.74. The molecule has 9 nitrogen and oxygen atoms in total. The maximum absolute atomic E-state index is 15.7. The topological polar surface area (TPSA) is 119 Å². The second-order valence-corrected chi connectivity index (χ2v) is 9.29. The van der Waals surface area contributed by atoms with Crippen LogP contribution in [0.1, 0.15) is 30.1 Å². The highest BCUT2D eigenvalue weighted by atomic mass is 19.4. The summed E-state index contributed by atoms with van der Waals surface area (Å²) in [6.07, 6.45) is -0.872. The summed E-state index contributed by atoms with van der Waals surface area (Å²) < 4.78 is 71.6. The van der Waals surface area contributed by atoms with Gasteiger partial charge in [0.05, 0.1) is 23.0 Å². The lowest BCUT2D eigenvalue weighted by Crippen LogP contribution is -2.56. The number of hydrogen-bond donors (Lipinski definition) is 2. The number of anilines is 1. The summed E-state index contributed by atoms with van der Waals surface area (Å²) in [4.78, 5) is 30.6. The Morgan fingerprint density at radius 1 is 1.18 bits per heavy atom. The number of nitrogens with two attached hydrogens (primary N) is 1. The summed E-state index contributed by atoms with van der Waals surface area (Å²) in [5.74, 6) is -3.74. The summed E-state index contributed by atoms with van der Waals surface area (Å²) in [5.41, 5.74) is 3.83. The van der Waals surface area contributed by atoms with Gasteiger partial charge in [0.15, 0.2) is 18.2 Å². The second-order valence-electron chi connectivity index (χ2n) is 9.29. The van der Waals surface area contributed by atoms with Crippen molar-refractivity contribution >= 4 is 11.7 Å². The van der Waals surface area contributed by atoms with Gasteiger partial charge in [-0.1, -0.05) is 0 Å². The van der Waals surface area contributed by atoms with Gasteiger partial charge in [0.25, 0.3) is 11.9 Å². The third-order valence-electron chi connectivity index (χ3n) is 5.92. The normalized spacial score (nSPS) is 18.3. The molecule has 0 unspecified atom stereocenters. The number of nitrogen functional groups attached to an aromatic ring is 1. The van der Waals surface area contributed by atoms with Gasteiger partial charge in [-0.15, -0.1) is 0 Å². The molecule has 3 aromatic rings. The lowest BCUT2D eigenvalue weighted by atomic mass is 9.91. The van der Waals surface area contributed by atoms with Gasteiger partial charge < -0.3 is 20.7 Å². The van der Waals surface area contributed by atoms with Gasteiger partial charge in [0.2, 0.25) is 5.88 Å². The predicted molar refractivity (Wildman–Crippen MR) is 127 cm³/mol. The van der Waals surface area contributed by atoms with E-state index in [0.29, 0.717) is 13.0 Å². The molecule has 38 heavy (non-hydrogen) atoms. The van der Waals surface area contributed by atoms with Gasteiger partial charge in [-0.05, 0) is 45.5 Å². The van der Waals surface area contributed by atoms with Crippen molar-refractivity contribution in [3.05, 3.63) is 47.9 Å². The molecule has 0 bridgehead atoms. The van der Waals surface area contributed by atoms with Crippen LogP contribution in [0.5, 0.6) is 5.88 Å². The number of likely N-dealkylation sites (tertiary alicyclic amines) is 1. The quantitative estimate of drug-likeness (QED) is 0.458. The number of rotatable bonds is 6. The minimum Gasteiger partial charge on any atom is -0.468 e. The number of nitrogens with zero attached hydrogens (tertiary/aromatic N) is 5. The first-order chi connectivity index (χ1) is 17.8. The Labute approximate surface area is 214 Å². The Kier molecular flexibility index (Phi) is 7.44. The zero-order valence-corrected chi connectivity index (χ0v) is 20.4. The number of halogens is 5. The average Bonchev–Trinajstić information content (AvgIpc) is 2.84. The van der Waals surface area contributed by atoms with Crippen molar-refractivity contribution in [1.82, 2.24) is 30.2 Å². The molecule has 1 aliphatic heterocycles. The maximum Gasteiger partial charge on any atom is 0.422 e. The summed E-state index contributed by atoms with van der Waals surface area (Å²) in [6.45, 7) is 1.73. The molecule has 4 heterocycles. The van der Waals surface area contributed by atoms with Crippen LogP contribution in [0.2, 0.25) is 0 Å². The first-order valence-corrected chi connectivity index (χ1v) is 11.5. The van der Waals surface area contributed by atoms with Gasteiger partial charge >= 0.3 is 6.18 Å². The van der Waals surface area contributed by atoms with E-state index >= 15 is 4.39 Å². The number of aromatic nitrogens is 4. The first-order valence-electron chi connectivity index (χ1n) is 11.5. The minimum atomic E-state index is -4.55. The van der Waals surface area contributed by atoms with E-state index in [1.807, 2.05) is 18.9 Å². The molecule has 1 atom stereocenters. The molecule has 3 N–H and O–H groups in total. The van der Waals surface area contributed by atoms with Gasteiger partial charge in [-0.2, -0.15) is 17.6 Å². The van der Waals surface area contributed by atoms with Crippen molar-refractivity contribution in [2.75, 3.05) is 32.5 Å². The Morgan fingerprint density at radius 3 is 2.58 bits per heavy atom. The number of nitrogens with one attached hydrogen (secondary N) is 1. The lowest BCUT2D eigenvalue weighted by Gasteiger charge is -2.39. The number of carbonyl (C=O) groups is 1. The van der Waals surface area contributed by atoms with Crippen LogP contribution in [0.15, 0.2) is 30.6 Å². The Hall–Kier alpha value is -3.94. The third kappa shape index (κ3) is 6.30. The first kappa shape index (κ1) is 27.1. The molecule has 4 rings (SSSR count). The summed E-state index contributed by atoms with van der Waals surface area (Å²) in [6, 6.07) is 3.70. The van der Waals surface area contributed by atoms with E-state index in [4.69, 9.17) is 5.73 Å². The second kappa shape index (κ2) is 10.4. The van der Waals surface area contributed by atoms with E-state index in [9.17, 15) is 22.4 Å². The van der Waals surface area contributed by atoms with Gasteiger partial charge in [-0.25, -0.2) is 24.3 Å². The molecule has 1 amide bonds. The highest BCUT2D eigenvalue weighted by Crippen LogP contribution is 2.29. The zero-order chi connectivity index (χ0) is 27.7. The maximum atomic E-state index is 15.7. The molecule has 0 saturated carbocycles. The molecule has 0 spiro atoms. The Bertz CT molecular complexity index is 1340. The summed E-state index contributed by atoms with van der Waals surface area (Å²) in [5, 5.41) is 2.88. The van der Waals surface area contributed by atoms with Crippen molar-refractivity contribution in [2.45, 2.75) is 31.5 Å². The molecule has 1 fully saturated rings. The monoisotopic (exact) mass is 537 g/mol. The fourth-order valence-electron chi connectivity index (χ4n) is 4.21. The highest BCUT2D eigenvalue weighted by Gasteiger charge is 2.33. The van der Waals surface area contributed by atoms with Crippen LogP contribution in [0.25, 0.3) is 22.6 Å². The van der Waals surface area contributed by atoms with Crippen molar-refractivity contribution in [3.63, 3.8) is 0 Å². The molecule has 0 radical (unpaired) electrons. The number of alkyl halides is 3. The standard InChI is InChI=1S/C24H24F5N7O2/c1-23(6-3-7-36(2)11-23)35-22(37)14-8-15(13-4-5-17(31-9-13)38-12-24(27,28)29)33-19(18(14)25)16-10-32-21(30)20(26)34-16/h4-5,8-10H,3,6-7,11-12H2,1-2H3,(H2,30,32)(H,35,37)/t23-/m1/s1. The van der Waals surface area contributed by atoms with Crippen molar-refractivity contribution in [3.8, 4) is 28.5 Å². The fourth-order valence-corrected chi connectivity index (χ4v) is 4.21. The molecule has 0 aliphatic carbocycles. The van der Waals surface area contributed by atoms with Crippen molar-refractivity contribution in [1.29, 1.82) is 0 Å². The van der Waals surface area contributed by atoms with Gasteiger partial charge in [0, 0.05) is 24.4 Å². The number of carbonyl (C=O) groups excluding carboxylic acids is 1. The van der Waals surface area contributed by atoms with E-state index in [0.717, 1.165) is 25.4 Å². The molecular formula is C24H24F5N7O2. The molecule has 202 valence electrons. The molecule has 14 heteroatoms. The number of pyridine rings is 2. The van der Waals surface area contributed by atoms with Crippen molar-refractivity contribution in [2.24, 2.45) is 0 Å². The smallest absolute Gasteiger partial charge is 0.422 e. The Morgan fingerprint density at radius 2 is 1.95 bits per heavy atom. The predicted octanol–water partition coefficient (Wildman–Crippen LogP) is 3.62. The minimum absolute atomic E-state index is 0.0337. The largest absolute Gasteiger partial charge is 0.468 e. The number of ether oxygens (including phenoxy) is 1. The number of likely N-dealkylation sites (N-methyl/N-ethyl adjacent to an activating group) is 1. The van der Waals surface area contributed by atoms with Crippen LogP contribution >= 0.6 is 0 Å². The van der Waals surface area contributed by atoms with E-state index in [1.54, 1.807) is 0 Å². The fraction of sp³-hybridized carbons (Fsp3) is 0.375. The number of hydrogen-bond acceptors (Lipinski definition) is 8. The van der Waals surface area contributed by atoms with E-state index in [2.05, 4.69) is 30.0 Å². The van der Waals surface area contributed by atoms with Crippen molar-refractivity contribution < 1.29 is 31.5 Å². The zero-order valence-electron chi connectivity index (χ0n) is 20.4. The molecule has 3 aromatic heterocycles. The van der Waals surface area contributed by atoms with E-state index in [-0.39, 0.29) is 22.8 Å². The van der Waals surface area contributed by atoms with Crippen LogP contribution in [-0.2, 0) is 0 Å². The number of piperidine rings is 1. The van der Waals surface area contributed by atoms with Crippen LogP contribution in [0.4, 0.5) is 27.8 Å².